The highest BCUT2D eigenvalue weighted by atomic mass is 16.3. The van der Waals surface area contributed by atoms with Crippen LogP contribution in [-0.4, -0.2) is 45.7 Å². The first-order chi connectivity index (χ1) is 17.1. The summed E-state index contributed by atoms with van der Waals surface area (Å²) < 4.78 is 5.28. The zero-order valence-electron chi connectivity index (χ0n) is 18.7. The second-order valence-electron chi connectivity index (χ2n) is 8.57. The lowest BCUT2D eigenvalue weighted by Gasteiger charge is -2.20. The van der Waals surface area contributed by atoms with Gasteiger partial charge < -0.3 is 14.6 Å². The van der Waals surface area contributed by atoms with Gasteiger partial charge in [0.25, 0.3) is 17.7 Å². The number of furan rings is 1. The highest BCUT2D eigenvalue weighted by Crippen LogP contribution is 2.29. The molecule has 1 N–H and O–H groups in total. The number of carbonyl (C=O) groups excluding carboxylic acids is 3. The third kappa shape index (κ3) is 3.71. The molecule has 3 amide bonds. The predicted molar refractivity (Wildman–Crippen MR) is 128 cm³/mol. The summed E-state index contributed by atoms with van der Waals surface area (Å²) in [6, 6.07) is 15.4. The van der Waals surface area contributed by atoms with Gasteiger partial charge in [0, 0.05) is 18.7 Å². The molecule has 2 aromatic heterocycles. The van der Waals surface area contributed by atoms with Crippen LogP contribution in [0.15, 0.2) is 65.3 Å². The number of fused-ring (bicyclic) bond motifs is 2. The monoisotopic (exact) mass is 467 g/mol. The Labute approximate surface area is 200 Å². The molecule has 0 unspecified atom stereocenters. The summed E-state index contributed by atoms with van der Waals surface area (Å²) in [5.74, 6) is 0.207. The molecule has 1 saturated heterocycles. The van der Waals surface area contributed by atoms with Crippen molar-refractivity contribution in [3.8, 4) is 0 Å². The number of rotatable bonds is 5. The molecule has 0 radical (unpaired) electrons. The van der Waals surface area contributed by atoms with E-state index in [2.05, 4.69) is 15.2 Å². The van der Waals surface area contributed by atoms with Crippen molar-refractivity contribution in [2.24, 2.45) is 0 Å². The summed E-state index contributed by atoms with van der Waals surface area (Å²) in [6.45, 7) is 1.72. The highest BCUT2D eigenvalue weighted by Gasteiger charge is 2.36. The van der Waals surface area contributed by atoms with E-state index in [1.165, 1.54) is 18.4 Å². The number of carbonyl (C=O) groups is 3. The zero-order chi connectivity index (χ0) is 23.9. The summed E-state index contributed by atoms with van der Waals surface area (Å²) in [4.78, 5) is 51.6. The maximum absolute atomic E-state index is 13.2. The van der Waals surface area contributed by atoms with Crippen LogP contribution >= 0.6 is 0 Å². The van der Waals surface area contributed by atoms with Gasteiger partial charge in [0.05, 0.1) is 35.0 Å². The summed E-state index contributed by atoms with van der Waals surface area (Å²) in [5.41, 5.74) is 2.15. The number of hydrogen-bond acceptors (Lipinski definition) is 7. The lowest BCUT2D eigenvalue weighted by molar-refractivity contribution is 0.0631. The predicted octanol–water partition coefficient (Wildman–Crippen LogP) is 3.87. The third-order valence-electron chi connectivity index (χ3n) is 6.32. The number of aromatic nitrogens is 2. The molecule has 1 fully saturated rings. The number of para-hydroxylation sites is 2. The van der Waals surface area contributed by atoms with Crippen LogP contribution in [0.1, 0.15) is 49.7 Å². The SMILES string of the molecule is O=C(Nc1nc2ccccc2nc1N1CCCC1)c1ccc2c(c1)C(=O)N(Cc1ccco1)C2=O. The van der Waals surface area contributed by atoms with E-state index in [-0.39, 0.29) is 23.2 Å². The lowest BCUT2D eigenvalue weighted by atomic mass is 10.1. The molecule has 6 rings (SSSR count). The van der Waals surface area contributed by atoms with E-state index in [9.17, 15) is 14.4 Å². The highest BCUT2D eigenvalue weighted by molar-refractivity contribution is 6.22. The van der Waals surface area contributed by atoms with Crippen molar-refractivity contribution in [1.82, 2.24) is 14.9 Å². The molecule has 0 bridgehead atoms. The van der Waals surface area contributed by atoms with Crippen molar-refractivity contribution >= 4 is 40.4 Å². The van der Waals surface area contributed by atoms with Gasteiger partial charge in [-0.15, -0.1) is 0 Å². The van der Waals surface area contributed by atoms with Gasteiger partial charge in [0.1, 0.15) is 5.76 Å². The van der Waals surface area contributed by atoms with Crippen molar-refractivity contribution in [3.63, 3.8) is 0 Å². The number of hydrogen-bond donors (Lipinski definition) is 1. The van der Waals surface area contributed by atoms with Gasteiger partial charge in [0.15, 0.2) is 11.6 Å². The molecule has 2 aliphatic heterocycles. The first kappa shape index (κ1) is 21.0. The Kier molecular flexibility index (Phi) is 5.02. The van der Waals surface area contributed by atoms with Gasteiger partial charge >= 0.3 is 0 Å². The smallest absolute Gasteiger partial charge is 0.261 e. The normalized spacial score (nSPS) is 15.2. The fraction of sp³-hybridized carbons (Fsp3) is 0.192. The second-order valence-corrected chi connectivity index (χ2v) is 8.57. The molecule has 2 aromatic carbocycles. The number of nitrogens with one attached hydrogen (secondary N) is 1. The maximum Gasteiger partial charge on any atom is 0.261 e. The largest absolute Gasteiger partial charge is 0.467 e. The van der Waals surface area contributed by atoms with E-state index in [0.29, 0.717) is 22.9 Å². The van der Waals surface area contributed by atoms with Gasteiger partial charge in [-0.2, -0.15) is 0 Å². The minimum Gasteiger partial charge on any atom is -0.467 e. The molecule has 0 spiro atoms. The fourth-order valence-corrected chi connectivity index (χ4v) is 4.54. The van der Waals surface area contributed by atoms with E-state index in [1.54, 1.807) is 18.2 Å². The molecule has 4 heterocycles. The molecular formula is C26H21N5O4. The van der Waals surface area contributed by atoms with Crippen LogP contribution in [-0.2, 0) is 6.54 Å². The molecule has 0 atom stereocenters. The summed E-state index contributed by atoms with van der Waals surface area (Å²) in [6.07, 6.45) is 3.59. The third-order valence-corrected chi connectivity index (χ3v) is 6.32. The Morgan fingerprint density at radius 1 is 0.914 bits per heavy atom. The average Bonchev–Trinajstić information content (AvgIpc) is 3.64. The average molecular weight is 467 g/mol. The second kappa shape index (κ2) is 8.35. The van der Waals surface area contributed by atoms with Gasteiger partial charge in [-0.1, -0.05) is 12.1 Å². The molecule has 0 saturated carbocycles. The van der Waals surface area contributed by atoms with Gasteiger partial charge in [0.2, 0.25) is 0 Å². The van der Waals surface area contributed by atoms with Gasteiger partial charge in [-0.05, 0) is 55.3 Å². The first-order valence-corrected chi connectivity index (χ1v) is 11.4. The number of anilines is 2. The fourth-order valence-electron chi connectivity index (χ4n) is 4.54. The minimum absolute atomic E-state index is 0.0345. The summed E-state index contributed by atoms with van der Waals surface area (Å²) >= 11 is 0. The van der Waals surface area contributed by atoms with Crippen molar-refractivity contribution in [2.45, 2.75) is 19.4 Å². The Morgan fingerprint density at radius 2 is 1.66 bits per heavy atom. The summed E-state index contributed by atoms with van der Waals surface area (Å²) in [7, 11) is 0. The molecule has 174 valence electrons. The van der Waals surface area contributed by atoms with Crippen molar-refractivity contribution in [3.05, 3.63) is 83.3 Å². The number of benzene rings is 2. The standard InChI is InChI=1S/C26H21N5O4/c32-24(29-22-23(30-11-3-4-12-30)28-21-8-2-1-7-20(21)27-22)16-9-10-18-19(14-16)26(34)31(25(18)33)15-17-6-5-13-35-17/h1-2,5-10,13-14H,3-4,11-12,15H2,(H,27,29,32). The Morgan fingerprint density at radius 3 is 2.40 bits per heavy atom. The van der Waals surface area contributed by atoms with Crippen LogP contribution in [0.4, 0.5) is 11.6 Å². The van der Waals surface area contributed by atoms with Crippen LogP contribution in [0, 0.1) is 0 Å². The van der Waals surface area contributed by atoms with Gasteiger partial charge in [-0.25, -0.2) is 9.97 Å². The van der Waals surface area contributed by atoms with Crippen LogP contribution < -0.4 is 10.2 Å². The minimum atomic E-state index is -0.459. The Bertz CT molecular complexity index is 1470. The van der Waals surface area contributed by atoms with Crippen molar-refractivity contribution < 1.29 is 18.8 Å². The molecule has 2 aliphatic rings. The maximum atomic E-state index is 13.2. The van der Waals surface area contributed by atoms with E-state index in [4.69, 9.17) is 9.40 Å². The van der Waals surface area contributed by atoms with Crippen LogP contribution in [0.25, 0.3) is 11.0 Å². The zero-order valence-corrected chi connectivity index (χ0v) is 18.7. The molecule has 4 aromatic rings. The lowest BCUT2D eigenvalue weighted by Crippen LogP contribution is -2.28. The Hall–Kier alpha value is -4.53. The number of nitrogens with zero attached hydrogens (tertiary/aromatic N) is 4. The van der Waals surface area contributed by atoms with E-state index in [1.807, 2.05) is 24.3 Å². The van der Waals surface area contributed by atoms with E-state index >= 15 is 0 Å². The quantitative estimate of drug-likeness (QED) is 0.444. The van der Waals surface area contributed by atoms with Crippen LogP contribution in [0.2, 0.25) is 0 Å². The van der Waals surface area contributed by atoms with E-state index < -0.39 is 17.7 Å². The van der Waals surface area contributed by atoms with E-state index in [0.717, 1.165) is 36.3 Å². The topological polar surface area (TPSA) is 109 Å². The molecule has 0 aliphatic carbocycles. The molecular weight excluding hydrogens is 446 g/mol. The summed E-state index contributed by atoms with van der Waals surface area (Å²) in [5, 5.41) is 2.88. The Balaban J connectivity index is 1.30. The number of amides is 3. The van der Waals surface area contributed by atoms with Gasteiger partial charge in [-0.3, -0.25) is 19.3 Å². The first-order valence-electron chi connectivity index (χ1n) is 11.4. The molecule has 9 nitrogen and oxygen atoms in total. The van der Waals surface area contributed by atoms with Crippen LogP contribution in [0.3, 0.4) is 0 Å². The number of imide groups is 1. The molecule has 35 heavy (non-hydrogen) atoms. The van der Waals surface area contributed by atoms with Crippen LogP contribution in [0.5, 0.6) is 0 Å². The molecule has 9 heteroatoms. The van der Waals surface area contributed by atoms with Crippen molar-refractivity contribution in [2.75, 3.05) is 23.3 Å². The van der Waals surface area contributed by atoms with Crippen molar-refractivity contribution in [1.29, 1.82) is 0 Å².